The van der Waals surface area contributed by atoms with Crippen LogP contribution in [0, 0.1) is 11.8 Å². The molecule has 0 aromatic heterocycles. The zero-order chi connectivity index (χ0) is 9.94. The molecule has 12 heavy (non-hydrogen) atoms. The van der Waals surface area contributed by atoms with E-state index in [9.17, 15) is 9.36 Å². The Balaban J connectivity index is 4.13. The summed E-state index contributed by atoms with van der Waals surface area (Å²) < 4.78 is 10.5. The molecule has 5 nitrogen and oxygen atoms in total. The number of aliphatic carboxylic acids is 1. The Kier molecular flexibility index (Phi) is 3.90. The van der Waals surface area contributed by atoms with Gasteiger partial charge in [0.1, 0.15) is 0 Å². The van der Waals surface area contributed by atoms with Gasteiger partial charge in [-0.25, -0.2) is 0 Å². The lowest BCUT2D eigenvalue weighted by Crippen LogP contribution is -2.20. The van der Waals surface area contributed by atoms with Crippen LogP contribution in [0.25, 0.3) is 0 Å². The van der Waals surface area contributed by atoms with E-state index in [0.717, 1.165) is 0 Å². The predicted molar refractivity (Wildman–Crippen MR) is 42.9 cm³/mol. The molecule has 0 bridgehead atoms. The summed E-state index contributed by atoms with van der Waals surface area (Å²) in [6.07, 6.45) is -0.375. The van der Waals surface area contributed by atoms with Crippen molar-refractivity contribution in [1.29, 1.82) is 0 Å². The molecule has 2 unspecified atom stereocenters. The minimum absolute atomic E-state index is 0.375. The number of carboxylic acids is 1. The van der Waals surface area contributed by atoms with Gasteiger partial charge >= 0.3 is 13.6 Å². The minimum Gasteiger partial charge on any atom is -0.481 e. The largest absolute Gasteiger partial charge is 0.481 e. The summed E-state index contributed by atoms with van der Waals surface area (Å²) >= 11 is 0. The van der Waals surface area contributed by atoms with E-state index < -0.39 is 25.4 Å². The Bertz CT molecular complexity index is 208. The van der Waals surface area contributed by atoms with E-state index in [1.165, 1.54) is 13.8 Å². The van der Waals surface area contributed by atoms with Crippen molar-refractivity contribution in [3.63, 3.8) is 0 Å². The first kappa shape index (κ1) is 11.6. The zero-order valence-electron chi connectivity index (χ0n) is 6.97. The van der Waals surface area contributed by atoms with Gasteiger partial charge in [0.15, 0.2) is 0 Å². The average molecular weight is 196 g/mol. The van der Waals surface area contributed by atoms with E-state index in [-0.39, 0.29) is 6.16 Å². The second-order valence-electron chi connectivity index (χ2n) is 2.95. The molecule has 6 heteroatoms. The van der Waals surface area contributed by atoms with Crippen molar-refractivity contribution in [3.8, 4) is 0 Å². The SMILES string of the molecule is CC(CP(=O)(O)O)C(C)C(=O)O. The van der Waals surface area contributed by atoms with Crippen LogP contribution < -0.4 is 0 Å². The van der Waals surface area contributed by atoms with Crippen LogP contribution in [-0.4, -0.2) is 27.0 Å². The molecule has 0 rings (SSSR count). The molecular weight excluding hydrogens is 183 g/mol. The fraction of sp³-hybridized carbons (Fsp3) is 0.833. The lowest BCUT2D eigenvalue weighted by atomic mass is 9.98. The molecular formula is C6H13O5P. The average Bonchev–Trinajstić information content (AvgIpc) is 1.82. The van der Waals surface area contributed by atoms with Gasteiger partial charge < -0.3 is 14.9 Å². The first-order valence-corrected chi connectivity index (χ1v) is 5.31. The van der Waals surface area contributed by atoms with Gasteiger partial charge in [-0.05, 0) is 5.92 Å². The lowest BCUT2D eigenvalue weighted by Gasteiger charge is -2.15. The third-order valence-electron chi connectivity index (χ3n) is 1.77. The van der Waals surface area contributed by atoms with E-state index in [2.05, 4.69) is 0 Å². The van der Waals surface area contributed by atoms with Gasteiger partial charge in [0.2, 0.25) is 0 Å². The van der Waals surface area contributed by atoms with Crippen LogP contribution in [0.5, 0.6) is 0 Å². The normalized spacial score (nSPS) is 17.0. The number of carboxylic acid groups (broad SMARTS) is 1. The lowest BCUT2D eigenvalue weighted by molar-refractivity contribution is -0.142. The van der Waals surface area contributed by atoms with Crippen molar-refractivity contribution in [2.24, 2.45) is 11.8 Å². The smallest absolute Gasteiger partial charge is 0.325 e. The molecule has 0 aromatic carbocycles. The zero-order valence-corrected chi connectivity index (χ0v) is 7.86. The molecule has 0 heterocycles. The second-order valence-corrected chi connectivity index (χ2v) is 4.65. The van der Waals surface area contributed by atoms with Crippen molar-refractivity contribution >= 4 is 13.6 Å². The van der Waals surface area contributed by atoms with Crippen LogP contribution in [0.3, 0.4) is 0 Å². The molecule has 0 aliphatic carbocycles. The van der Waals surface area contributed by atoms with Gasteiger partial charge in [-0.3, -0.25) is 9.36 Å². The molecule has 0 saturated carbocycles. The van der Waals surface area contributed by atoms with E-state index in [1.54, 1.807) is 0 Å². The Morgan fingerprint density at radius 3 is 2.08 bits per heavy atom. The van der Waals surface area contributed by atoms with E-state index in [4.69, 9.17) is 14.9 Å². The highest BCUT2D eigenvalue weighted by molar-refractivity contribution is 7.51. The molecule has 3 N–H and O–H groups in total. The van der Waals surface area contributed by atoms with Crippen LogP contribution >= 0.6 is 7.60 Å². The van der Waals surface area contributed by atoms with Gasteiger partial charge in [0.25, 0.3) is 0 Å². The van der Waals surface area contributed by atoms with Gasteiger partial charge in [-0.15, -0.1) is 0 Å². The maximum absolute atomic E-state index is 10.5. The van der Waals surface area contributed by atoms with Crippen molar-refractivity contribution in [1.82, 2.24) is 0 Å². The van der Waals surface area contributed by atoms with Crippen LogP contribution in [0.15, 0.2) is 0 Å². The molecule has 72 valence electrons. The molecule has 2 atom stereocenters. The van der Waals surface area contributed by atoms with Crippen molar-refractivity contribution in [2.45, 2.75) is 13.8 Å². The summed E-state index contributed by atoms with van der Waals surface area (Å²) in [5.41, 5.74) is 0. The summed E-state index contributed by atoms with van der Waals surface area (Å²) in [5.74, 6) is -2.27. The highest BCUT2D eigenvalue weighted by Gasteiger charge is 2.26. The van der Waals surface area contributed by atoms with Crippen LogP contribution in [0.4, 0.5) is 0 Å². The first-order chi connectivity index (χ1) is 5.24. The van der Waals surface area contributed by atoms with Crippen molar-refractivity contribution < 1.29 is 24.3 Å². The fourth-order valence-electron chi connectivity index (χ4n) is 0.777. The summed E-state index contributed by atoms with van der Waals surface area (Å²) in [6.45, 7) is 2.94. The maximum Gasteiger partial charge on any atom is 0.325 e. The maximum atomic E-state index is 10.5. The standard InChI is InChI=1S/C6H13O5P/c1-4(3-12(9,10)11)5(2)6(7)8/h4-5H,3H2,1-2H3,(H,7,8)(H2,9,10,11). The Labute approximate surface area is 70.6 Å². The minimum atomic E-state index is -4.08. The number of hydrogen-bond acceptors (Lipinski definition) is 2. The van der Waals surface area contributed by atoms with Gasteiger partial charge in [-0.2, -0.15) is 0 Å². The molecule has 0 aliphatic rings. The van der Waals surface area contributed by atoms with Crippen molar-refractivity contribution in [2.75, 3.05) is 6.16 Å². The molecule has 0 saturated heterocycles. The summed E-state index contributed by atoms with van der Waals surface area (Å²) in [5, 5.41) is 8.50. The van der Waals surface area contributed by atoms with Gasteiger partial charge in [0.05, 0.1) is 12.1 Å². The van der Waals surface area contributed by atoms with Crippen LogP contribution in [0.2, 0.25) is 0 Å². The predicted octanol–water partition coefficient (Wildman–Crippen LogP) is 0.521. The Morgan fingerprint density at radius 1 is 1.42 bits per heavy atom. The summed E-state index contributed by atoms with van der Waals surface area (Å²) in [7, 11) is -4.08. The van der Waals surface area contributed by atoms with E-state index >= 15 is 0 Å². The molecule has 0 aliphatic heterocycles. The summed E-state index contributed by atoms with van der Waals surface area (Å²) in [4.78, 5) is 27.4. The Hall–Kier alpha value is -0.380. The summed E-state index contributed by atoms with van der Waals surface area (Å²) in [6, 6.07) is 0. The van der Waals surface area contributed by atoms with Crippen LogP contribution in [-0.2, 0) is 9.36 Å². The molecule has 0 amide bonds. The van der Waals surface area contributed by atoms with Crippen molar-refractivity contribution in [3.05, 3.63) is 0 Å². The first-order valence-electron chi connectivity index (χ1n) is 3.51. The molecule has 0 radical (unpaired) electrons. The number of rotatable bonds is 4. The molecule has 0 aromatic rings. The van der Waals surface area contributed by atoms with E-state index in [1.807, 2.05) is 0 Å². The third kappa shape index (κ3) is 4.49. The van der Waals surface area contributed by atoms with E-state index in [0.29, 0.717) is 0 Å². The van der Waals surface area contributed by atoms with Gasteiger partial charge in [-0.1, -0.05) is 13.8 Å². The van der Waals surface area contributed by atoms with Crippen LogP contribution in [0.1, 0.15) is 13.8 Å². The molecule has 0 fully saturated rings. The second kappa shape index (κ2) is 4.03. The fourth-order valence-corrected chi connectivity index (χ4v) is 1.84. The highest BCUT2D eigenvalue weighted by Crippen LogP contribution is 2.38. The number of hydrogen-bond donors (Lipinski definition) is 3. The van der Waals surface area contributed by atoms with Gasteiger partial charge in [0, 0.05) is 0 Å². The number of carbonyl (C=O) groups is 1. The monoisotopic (exact) mass is 196 g/mol. The third-order valence-corrected chi connectivity index (χ3v) is 2.82. The highest BCUT2D eigenvalue weighted by atomic mass is 31.2. The Morgan fingerprint density at radius 2 is 1.83 bits per heavy atom. The quantitative estimate of drug-likeness (QED) is 0.570. The topological polar surface area (TPSA) is 94.8 Å². The molecule has 0 spiro atoms.